The van der Waals surface area contributed by atoms with Crippen molar-refractivity contribution >= 4 is 23.2 Å². The van der Waals surface area contributed by atoms with E-state index in [2.05, 4.69) is 0 Å². The van der Waals surface area contributed by atoms with Crippen LogP contribution in [0.5, 0.6) is 5.75 Å². The van der Waals surface area contributed by atoms with Crippen LogP contribution < -0.4 is 10.5 Å². The van der Waals surface area contributed by atoms with Gasteiger partial charge in [0.15, 0.2) is 5.78 Å². The minimum Gasteiger partial charge on any atom is -0.497 e. The molecule has 0 radical (unpaired) electrons. The molecule has 0 fully saturated rings. The zero-order valence-electron chi connectivity index (χ0n) is 17.0. The average Bonchev–Trinajstić information content (AvgIpc) is 3.19. The number of Topliss-reactive ketones (excluding diaryl/α,β-unsaturated/α-hetero) is 1. The van der Waals surface area contributed by atoms with Crippen LogP contribution in [0.2, 0.25) is 5.02 Å². The second-order valence-corrected chi connectivity index (χ2v) is 7.62. The molecular weight excluding hydrogens is 410 g/mol. The number of nitrogens with zero attached hydrogens (tertiary/aromatic N) is 2. The Bertz CT molecular complexity index is 1170. The number of benzene rings is 3. The van der Waals surface area contributed by atoms with Crippen molar-refractivity contribution in [2.75, 3.05) is 12.8 Å². The van der Waals surface area contributed by atoms with Gasteiger partial charge in [0, 0.05) is 28.6 Å². The van der Waals surface area contributed by atoms with E-state index in [1.807, 2.05) is 60.7 Å². The lowest BCUT2D eigenvalue weighted by atomic mass is 9.98. The van der Waals surface area contributed by atoms with E-state index in [4.69, 9.17) is 27.2 Å². The predicted molar refractivity (Wildman–Crippen MR) is 124 cm³/mol. The van der Waals surface area contributed by atoms with Gasteiger partial charge in [-0.25, -0.2) is 4.68 Å². The Balaban J connectivity index is 1.69. The quantitative estimate of drug-likeness (QED) is 0.383. The van der Waals surface area contributed by atoms with Crippen molar-refractivity contribution in [2.24, 2.45) is 0 Å². The number of methoxy groups -OCH3 is 1. The van der Waals surface area contributed by atoms with Crippen molar-refractivity contribution in [3.8, 4) is 17.0 Å². The molecule has 0 saturated heterocycles. The van der Waals surface area contributed by atoms with Gasteiger partial charge in [-0.1, -0.05) is 54.1 Å². The summed E-state index contributed by atoms with van der Waals surface area (Å²) in [4.78, 5) is 13.1. The normalized spacial score (nSPS) is 11.8. The molecular formula is C25H22ClN3O2. The topological polar surface area (TPSA) is 70.1 Å². The molecule has 0 amide bonds. The van der Waals surface area contributed by atoms with Crippen LogP contribution in [0, 0.1) is 0 Å². The first kappa shape index (κ1) is 20.7. The fourth-order valence-corrected chi connectivity index (χ4v) is 3.64. The van der Waals surface area contributed by atoms with Gasteiger partial charge in [-0.15, -0.1) is 0 Å². The Hall–Kier alpha value is -3.57. The number of ether oxygens (including phenoxy) is 1. The van der Waals surface area contributed by atoms with Crippen molar-refractivity contribution in [3.05, 3.63) is 101 Å². The highest BCUT2D eigenvalue weighted by atomic mass is 35.5. The molecule has 6 heteroatoms. The van der Waals surface area contributed by atoms with E-state index in [-0.39, 0.29) is 18.2 Å². The Morgan fingerprint density at radius 3 is 2.35 bits per heavy atom. The number of nitrogens with two attached hydrogens (primary N) is 1. The van der Waals surface area contributed by atoms with Crippen molar-refractivity contribution in [2.45, 2.75) is 12.5 Å². The molecule has 156 valence electrons. The molecule has 3 aromatic carbocycles. The van der Waals surface area contributed by atoms with Crippen LogP contribution in [0.4, 0.5) is 5.82 Å². The van der Waals surface area contributed by atoms with Crippen LogP contribution in [0.25, 0.3) is 11.3 Å². The standard InChI is InChI=1S/C25H22ClN3O2/c1-31-21-13-9-19(10-14-21)24(30)16-23(18-5-3-2-4-6-18)29-25(27)15-22(28-29)17-7-11-20(26)12-8-17/h2-15,23H,16,27H2,1H3. The monoisotopic (exact) mass is 431 g/mol. The maximum absolute atomic E-state index is 13.1. The van der Waals surface area contributed by atoms with E-state index < -0.39 is 0 Å². The number of hydrogen-bond acceptors (Lipinski definition) is 4. The molecule has 0 spiro atoms. The summed E-state index contributed by atoms with van der Waals surface area (Å²) < 4.78 is 6.91. The minimum absolute atomic E-state index is 0.000510. The largest absolute Gasteiger partial charge is 0.497 e. The van der Waals surface area contributed by atoms with E-state index >= 15 is 0 Å². The molecule has 4 aromatic rings. The Kier molecular flexibility index (Phi) is 6.05. The second-order valence-electron chi connectivity index (χ2n) is 7.19. The van der Waals surface area contributed by atoms with E-state index in [0.717, 1.165) is 16.8 Å². The van der Waals surface area contributed by atoms with Crippen LogP contribution in [0.15, 0.2) is 84.9 Å². The molecule has 0 saturated carbocycles. The van der Waals surface area contributed by atoms with Gasteiger partial charge in [-0.3, -0.25) is 4.79 Å². The van der Waals surface area contributed by atoms with Gasteiger partial charge in [-0.05, 0) is 42.0 Å². The molecule has 1 aromatic heterocycles. The number of carbonyl (C=O) groups is 1. The van der Waals surface area contributed by atoms with Crippen molar-refractivity contribution in [1.29, 1.82) is 0 Å². The third kappa shape index (κ3) is 4.62. The highest BCUT2D eigenvalue weighted by Gasteiger charge is 2.22. The van der Waals surface area contributed by atoms with Gasteiger partial charge >= 0.3 is 0 Å². The van der Waals surface area contributed by atoms with Gasteiger partial charge in [0.2, 0.25) is 0 Å². The maximum atomic E-state index is 13.1. The molecule has 0 aliphatic carbocycles. The van der Waals surface area contributed by atoms with Gasteiger partial charge in [0.1, 0.15) is 11.6 Å². The van der Waals surface area contributed by atoms with E-state index in [1.165, 1.54) is 0 Å². The summed E-state index contributed by atoms with van der Waals surface area (Å²) in [6.45, 7) is 0. The molecule has 31 heavy (non-hydrogen) atoms. The number of anilines is 1. The zero-order valence-corrected chi connectivity index (χ0v) is 17.8. The van der Waals surface area contributed by atoms with Gasteiger partial charge < -0.3 is 10.5 Å². The van der Waals surface area contributed by atoms with Crippen LogP contribution in [-0.4, -0.2) is 22.7 Å². The molecule has 1 heterocycles. The first-order chi connectivity index (χ1) is 15.0. The lowest BCUT2D eigenvalue weighted by Crippen LogP contribution is -2.18. The highest BCUT2D eigenvalue weighted by molar-refractivity contribution is 6.30. The molecule has 5 nitrogen and oxygen atoms in total. The van der Waals surface area contributed by atoms with Gasteiger partial charge in [0.05, 0.1) is 18.8 Å². The molecule has 2 N–H and O–H groups in total. The molecule has 0 aliphatic rings. The highest BCUT2D eigenvalue weighted by Crippen LogP contribution is 2.30. The van der Waals surface area contributed by atoms with Crippen molar-refractivity contribution < 1.29 is 9.53 Å². The zero-order chi connectivity index (χ0) is 21.8. The van der Waals surface area contributed by atoms with Crippen LogP contribution in [0.3, 0.4) is 0 Å². The number of nitrogen functional groups attached to an aromatic ring is 1. The third-order valence-electron chi connectivity index (χ3n) is 5.17. The van der Waals surface area contributed by atoms with Crippen LogP contribution >= 0.6 is 11.6 Å². The second kappa shape index (κ2) is 9.06. The first-order valence-corrected chi connectivity index (χ1v) is 10.3. The smallest absolute Gasteiger partial charge is 0.165 e. The summed E-state index contributed by atoms with van der Waals surface area (Å²) in [7, 11) is 1.60. The van der Waals surface area contributed by atoms with E-state index in [1.54, 1.807) is 36.1 Å². The minimum atomic E-state index is -0.336. The lowest BCUT2D eigenvalue weighted by molar-refractivity contribution is 0.0968. The first-order valence-electron chi connectivity index (χ1n) is 9.88. The van der Waals surface area contributed by atoms with Crippen LogP contribution in [0.1, 0.15) is 28.4 Å². The van der Waals surface area contributed by atoms with Crippen LogP contribution in [-0.2, 0) is 0 Å². The SMILES string of the molecule is COc1ccc(C(=O)CC(c2ccccc2)n2nc(-c3ccc(Cl)cc3)cc2N)cc1. The molecule has 0 bridgehead atoms. The molecule has 1 atom stereocenters. The third-order valence-corrected chi connectivity index (χ3v) is 5.43. The maximum Gasteiger partial charge on any atom is 0.165 e. The van der Waals surface area contributed by atoms with Crippen molar-refractivity contribution in [1.82, 2.24) is 9.78 Å². The number of rotatable bonds is 7. The summed E-state index contributed by atoms with van der Waals surface area (Å²) >= 11 is 6.00. The summed E-state index contributed by atoms with van der Waals surface area (Å²) in [6.07, 6.45) is 0.224. The summed E-state index contributed by atoms with van der Waals surface area (Å²) in [5, 5.41) is 5.39. The fourth-order valence-electron chi connectivity index (χ4n) is 3.51. The Morgan fingerprint density at radius 2 is 1.71 bits per heavy atom. The summed E-state index contributed by atoms with van der Waals surface area (Å²) in [6, 6.07) is 25.8. The Labute approximate surface area is 186 Å². The van der Waals surface area contributed by atoms with Gasteiger partial charge in [0.25, 0.3) is 0 Å². The molecule has 4 rings (SSSR count). The number of ketones is 1. The van der Waals surface area contributed by atoms with E-state index in [9.17, 15) is 4.79 Å². The Morgan fingerprint density at radius 1 is 1.03 bits per heavy atom. The van der Waals surface area contributed by atoms with E-state index in [0.29, 0.717) is 22.2 Å². The average molecular weight is 432 g/mol. The lowest BCUT2D eigenvalue weighted by Gasteiger charge is -2.19. The van der Waals surface area contributed by atoms with Gasteiger partial charge in [-0.2, -0.15) is 5.10 Å². The number of aromatic nitrogens is 2. The molecule has 1 unspecified atom stereocenters. The summed E-state index contributed by atoms with van der Waals surface area (Å²) in [5.74, 6) is 1.20. The van der Waals surface area contributed by atoms with Crippen molar-refractivity contribution in [3.63, 3.8) is 0 Å². The number of carbonyl (C=O) groups excluding carboxylic acids is 1. The number of hydrogen-bond donors (Lipinski definition) is 1. The number of halogens is 1. The predicted octanol–water partition coefficient (Wildman–Crippen LogP) is 5.66. The fraction of sp³-hybridized carbons (Fsp3) is 0.120. The molecule has 0 aliphatic heterocycles. The summed E-state index contributed by atoms with van der Waals surface area (Å²) in [5.41, 5.74) is 9.56.